The standard InChI is InChI=1S/C11H20N2OS/c1-8(12)11(14)13-6-7-15-10-5-3-2-4-9(10)13/h8-10H,2-7,12H2,1H3. The van der Waals surface area contributed by atoms with Crippen LogP contribution in [-0.4, -0.2) is 40.4 Å². The number of nitrogens with two attached hydrogens (primary N) is 1. The maximum Gasteiger partial charge on any atom is 0.239 e. The zero-order valence-electron chi connectivity index (χ0n) is 9.32. The first-order valence-electron chi connectivity index (χ1n) is 5.88. The molecule has 0 bridgehead atoms. The second-order valence-electron chi connectivity index (χ2n) is 4.58. The van der Waals surface area contributed by atoms with Crippen molar-refractivity contribution in [3.8, 4) is 0 Å². The van der Waals surface area contributed by atoms with Crippen molar-refractivity contribution >= 4 is 17.7 Å². The van der Waals surface area contributed by atoms with E-state index in [1.54, 1.807) is 6.92 Å². The van der Waals surface area contributed by atoms with Crippen molar-refractivity contribution in [2.75, 3.05) is 12.3 Å². The molecule has 1 heterocycles. The molecule has 0 aromatic heterocycles. The largest absolute Gasteiger partial charge is 0.336 e. The van der Waals surface area contributed by atoms with Gasteiger partial charge in [0, 0.05) is 23.6 Å². The molecule has 2 fully saturated rings. The minimum absolute atomic E-state index is 0.146. The van der Waals surface area contributed by atoms with Crippen LogP contribution >= 0.6 is 11.8 Å². The number of hydrogen-bond acceptors (Lipinski definition) is 3. The van der Waals surface area contributed by atoms with Crippen molar-refractivity contribution in [1.82, 2.24) is 4.90 Å². The van der Waals surface area contributed by atoms with Gasteiger partial charge in [-0.3, -0.25) is 4.79 Å². The van der Waals surface area contributed by atoms with Crippen LogP contribution in [0.4, 0.5) is 0 Å². The highest BCUT2D eigenvalue weighted by Crippen LogP contribution is 2.35. The Morgan fingerprint density at radius 3 is 2.93 bits per heavy atom. The fraction of sp³-hybridized carbons (Fsp3) is 0.909. The van der Waals surface area contributed by atoms with Gasteiger partial charge in [0.1, 0.15) is 0 Å². The first-order valence-corrected chi connectivity index (χ1v) is 6.92. The number of nitrogens with zero attached hydrogens (tertiary/aromatic N) is 1. The van der Waals surface area contributed by atoms with Crippen molar-refractivity contribution < 1.29 is 4.79 Å². The molecule has 1 aliphatic heterocycles. The summed E-state index contributed by atoms with van der Waals surface area (Å²) < 4.78 is 0. The molecule has 2 rings (SSSR count). The van der Waals surface area contributed by atoms with E-state index in [1.165, 1.54) is 25.7 Å². The first-order chi connectivity index (χ1) is 7.20. The summed E-state index contributed by atoms with van der Waals surface area (Å²) in [6.07, 6.45) is 5.05. The number of hydrogen-bond donors (Lipinski definition) is 1. The number of carbonyl (C=O) groups is 1. The van der Waals surface area contributed by atoms with E-state index in [4.69, 9.17) is 5.73 Å². The average Bonchev–Trinajstić information content (AvgIpc) is 2.27. The monoisotopic (exact) mass is 228 g/mol. The summed E-state index contributed by atoms with van der Waals surface area (Å²) in [7, 11) is 0. The fourth-order valence-electron chi connectivity index (χ4n) is 2.63. The lowest BCUT2D eigenvalue weighted by Gasteiger charge is -2.44. The van der Waals surface area contributed by atoms with Crippen LogP contribution in [0.3, 0.4) is 0 Å². The van der Waals surface area contributed by atoms with E-state index in [0.717, 1.165) is 12.3 Å². The lowest BCUT2D eigenvalue weighted by Crippen LogP contribution is -2.55. The van der Waals surface area contributed by atoms with Gasteiger partial charge in [-0.05, 0) is 19.8 Å². The van der Waals surface area contributed by atoms with Crippen LogP contribution in [-0.2, 0) is 4.79 Å². The summed E-state index contributed by atoms with van der Waals surface area (Å²) in [4.78, 5) is 14.0. The summed E-state index contributed by atoms with van der Waals surface area (Å²) in [6, 6.07) is 0.131. The second kappa shape index (κ2) is 4.74. The summed E-state index contributed by atoms with van der Waals surface area (Å²) >= 11 is 2.05. The molecule has 1 saturated carbocycles. The van der Waals surface area contributed by atoms with Gasteiger partial charge >= 0.3 is 0 Å². The summed E-state index contributed by atoms with van der Waals surface area (Å²) in [5.41, 5.74) is 5.69. The number of rotatable bonds is 1. The molecule has 2 N–H and O–H groups in total. The topological polar surface area (TPSA) is 46.3 Å². The molecule has 4 heteroatoms. The maximum absolute atomic E-state index is 11.9. The molecule has 1 aliphatic carbocycles. The van der Waals surface area contributed by atoms with Gasteiger partial charge in [-0.2, -0.15) is 11.8 Å². The molecule has 0 aromatic rings. The molecular weight excluding hydrogens is 208 g/mol. The van der Waals surface area contributed by atoms with Gasteiger partial charge in [-0.25, -0.2) is 0 Å². The van der Waals surface area contributed by atoms with E-state index in [2.05, 4.69) is 0 Å². The van der Waals surface area contributed by atoms with E-state index in [-0.39, 0.29) is 11.9 Å². The van der Waals surface area contributed by atoms with Crippen LogP contribution in [0.25, 0.3) is 0 Å². The highest BCUT2D eigenvalue weighted by molar-refractivity contribution is 8.00. The molecule has 15 heavy (non-hydrogen) atoms. The van der Waals surface area contributed by atoms with Gasteiger partial charge < -0.3 is 10.6 Å². The molecule has 86 valence electrons. The van der Waals surface area contributed by atoms with Gasteiger partial charge in [-0.15, -0.1) is 0 Å². The minimum Gasteiger partial charge on any atom is -0.336 e. The number of carbonyl (C=O) groups excluding carboxylic acids is 1. The van der Waals surface area contributed by atoms with Gasteiger partial charge in [0.25, 0.3) is 0 Å². The zero-order chi connectivity index (χ0) is 10.8. The average molecular weight is 228 g/mol. The molecule has 3 nitrogen and oxygen atoms in total. The normalized spacial score (nSPS) is 33.3. The third kappa shape index (κ3) is 2.31. The quantitative estimate of drug-likeness (QED) is 0.734. The van der Waals surface area contributed by atoms with Crippen molar-refractivity contribution in [2.24, 2.45) is 5.73 Å². The van der Waals surface area contributed by atoms with Gasteiger partial charge in [-0.1, -0.05) is 12.8 Å². The highest BCUT2D eigenvalue weighted by atomic mass is 32.2. The van der Waals surface area contributed by atoms with Crippen LogP contribution in [0, 0.1) is 0 Å². The third-order valence-corrected chi connectivity index (χ3v) is 4.80. The Kier molecular flexibility index (Phi) is 3.57. The predicted molar refractivity (Wildman–Crippen MR) is 63.9 cm³/mol. The van der Waals surface area contributed by atoms with Crippen molar-refractivity contribution in [2.45, 2.75) is 49.9 Å². The summed E-state index contributed by atoms with van der Waals surface area (Å²) in [6.45, 7) is 2.69. The smallest absolute Gasteiger partial charge is 0.239 e. The van der Waals surface area contributed by atoms with Crippen molar-refractivity contribution in [3.05, 3.63) is 0 Å². The number of fused-ring (bicyclic) bond motifs is 1. The number of amides is 1. The lowest BCUT2D eigenvalue weighted by molar-refractivity contribution is -0.135. The highest BCUT2D eigenvalue weighted by Gasteiger charge is 2.36. The summed E-state index contributed by atoms with van der Waals surface area (Å²) in [5, 5.41) is 0.676. The second-order valence-corrected chi connectivity index (χ2v) is 5.93. The SMILES string of the molecule is CC(N)C(=O)N1CCSC2CCCCC21. The molecule has 3 unspecified atom stereocenters. The van der Waals surface area contributed by atoms with E-state index < -0.39 is 0 Å². The molecule has 0 spiro atoms. The third-order valence-electron chi connectivity index (χ3n) is 3.40. The van der Waals surface area contributed by atoms with Crippen LogP contribution in [0.2, 0.25) is 0 Å². The van der Waals surface area contributed by atoms with E-state index >= 15 is 0 Å². The Labute approximate surface area is 95.8 Å². The Hall–Kier alpha value is -0.220. The van der Waals surface area contributed by atoms with E-state index in [1.807, 2.05) is 16.7 Å². The lowest BCUT2D eigenvalue weighted by atomic mass is 9.93. The molecular formula is C11H20N2OS. The molecule has 1 amide bonds. The fourth-order valence-corrected chi connectivity index (χ4v) is 4.08. The summed E-state index contributed by atoms with van der Waals surface area (Å²) in [5.74, 6) is 1.23. The van der Waals surface area contributed by atoms with Crippen molar-refractivity contribution in [3.63, 3.8) is 0 Å². The van der Waals surface area contributed by atoms with Crippen molar-refractivity contribution in [1.29, 1.82) is 0 Å². The number of thioether (sulfide) groups is 1. The van der Waals surface area contributed by atoms with Crippen LogP contribution < -0.4 is 5.73 Å². The Morgan fingerprint density at radius 1 is 1.47 bits per heavy atom. The van der Waals surface area contributed by atoms with E-state index in [9.17, 15) is 4.79 Å². The Morgan fingerprint density at radius 2 is 2.20 bits per heavy atom. The minimum atomic E-state index is -0.337. The van der Waals surface area contributed by atoms with Crippen LogP contribution in [0.15, 0.2) is 0 Å². The molecule has 0 aromatic carbocycles. The van der Waals surface area contributed by atoms with E-state index in [0.29, 0.717) is 11.3 Å². The molecule has 0 radical (unpaired) electrons. The molecule has 2 aliphatic rings. The predicted octanol–water partition coefficient (Wildman–Crippen LogP) is 1.22. The van der Waals surface area contributed by atoms with Gasteiger partial charge in [0.15, 0.2) is 0 Å². The molecule has 1 saturated heterocycles. The zero-order valence-corrected chi connectivity index (χ0v) is 10.1. The van der Waals surface area contributed by atoms with Gasteiger partial charge in [0.05, 0.1) is 6.04 Å². The first kappa shape index (κ1) is 11.3. The van der Waals surface area contributed by atoms with Crippen LogP contribution in [0.5, 0.6) is 0 Å². The van der Waals surface area contributed by atoms with Crippen LogP contribution in [0.1, 0.15) is 32.6 Å². The Balaban J connectivity index is 2.06. The Bertz CT molecular complexity index is 243. The van der Waals surface area contributed by atoms with Gasteiger partial charge in [0.2, 0.25) is 5.91 Å². The maximum atomic E-state index is 11.9. The molecule has 3 atom stereocenters.